The van der Waals surface area contributed by atoms with Crippen LogP contribution in [0, 0.1) is 24.4 Å². The number of halogens is 3. The van der Waals surface area contributed by atoms with E-state index in [0.29, 0.717) is 17.8 Å². The number of hydrogen-bond acceptors (Lipinski definition) is 3. The average Bonchev–Trinajstić information content (AvgIpc) is 2.68. The van der Waals surface area contributed by atoms with E-state index in [1.165, 1.54) is 18.2 Å². The Morgan fingerprint density at radius 3 is 2.21 bits per heavy atom. The molecular formula is C20H15F3N2O3S. The molecule has 3 rings (SSSR count). The second kappa shape index (κ2) is 7.96. The minimum atomic E-state index is -3.99. The molecule has 0 saturated heterocycles. The van der Waals surface area contributed by atoms with Gasteiger partial charge in [0, 0.05) is 23.4 Å². The molecule has 0 radical (unpaired) electrons. The van der Waals surface area contributed by atoms with Crippen LogP contribution in [0.5, 0.6) is 0 Å². The van der Waals surface area contributed by atoms with Gasteiger partial charge in [0.15, 0.2) is 11.6 Å². The van der Waals surface area contributed by atoms with Crippen LogP contribution in [0.15, 0.2) is 65.6 Å². The normalized spacial score (nSPS) is 11.2. The number of nitrogens with one attached hydrogen (secondary N) is 2. The Labute approximate surface area is 165 Å². The maximum atomic E-state index is 13.7. The lowest BCUT2D eigenvalue weighted by molar-refractivity contribution is 0.102. The standard InChI is InChI=1S/C20H15F3N2O3S/c1-12-5-7-14(8-6-12)25-29(27,28)15-4-2-3-13(9-15)20(26)24-19-11-17(22)16(21)10-18(19)23/h2-11,25H,1H3,(H,24,26). The van der Waals surface area contributed by atoms with Gasteiger partial charge in [0.2, 0.25) is 0 Å². The highest BCUT2D eigenvalue weighted by Crippen LogP contribution is 2.21. The average molecular weight is 420 g/mol. The summed E-state index contributed by atoms with van der Waals surface area (Å²) in [7, 11) is -3.99. The SMILES string of the molecule is Cc1ccc(NS(=O)(=O)c2cccc(C(=O)Nc3cc(F)c(F)cc3F)c2)cc1. The largest absolute Gasteiger partial charge is 0.319 e. The van der Waals surface area contributed by atoms with Gasteiger partial charge in [-0.2, -0.15) is 0 Å². The van der Waals surface area contributed by atoms with Gasteiger partial charge in [0.05, 0.1) is 10.6 Å². The number of amides is 1. The van der Waals surface area contributed by atoms with E-state index >= 15 is 0 Å². The van der Waals surface area contributed by atoms with Crippen molar-refractivity contribution in [3.8, 4) is 0 Å². The van der Waals surface area contributed by atoms with Gasteiger partial charge >= 0.3 is 0 Å². The van der Waals surface area contributed by atoms with Crippen molar-refractivity contribution in [3.63, 3.8) is 0 Å². The zero-order chi connectivity index (χ0) is 21.2. The summed E-state index contributed by atoms with van der Waals surface area (Å²) in [5.74, 6) is -4.78. The van der Waals surface area contributed by atoms with Crippen LogP contribution in [0.1, 0.15) is 15.9 Å². The predicted molar refractivity (Wildman–Crippen MR) is 103 cm³/mol. The first-order chi connectivity index (χ1) is 13.7. The van der Waals surface area contributed by atoms with Gasteiger partial charge in [-0.15, -0.1) is 0 Å². The summed E-state index contributed by atoms with van der Waals surface area (Å²) < 4.78 is 67.5. The van der Waals surface area contributed by atoms with Gasteiger partial charge in [-0.05, 0) is 37.3 Å². The molecule has 150 valence electrons. The Balaban J connectivity index is 1.84. The molecular weight excluding hydrogens is 405 g/mol. The quantitative estimate of drug-likeness (QED) is 0.599. The third-order valence-corrected chi connectivity index (χ3v) is 5.35. The smallest absolute Gasteiger partial charge is 0.261 e. The number of sulfonamides is 1. The number of benzene rings is 3. The number of hydrogen-bond donors (Lipinski definition) is 2. The summed E-state index contributed by atoms with van der Waals surface area (Å²) in [6.45, 7) is 1.86. The Morgan fingerprint density at radius 2 is 1.52 bits per heavy atom. The first-order valence-electron chi connectivity index (χ1n) is 8.31. The van der Waals surface area contributed by atoms with E-state index in [-0.39, 0.29) is 10.5 Å². The fourth-order valence-electron chi connectivity index (χ4n) is 2.45. The van der Waals surface area contributed by atoms with Crippen molar-refractivity contribution in [2.45, 2.75) is 11.8 Å². The number of aryl methyl sites for hydroxylation is 1. The van der Waals surface area contributed by atoms with Crippen LogP contribution < -0.4 is 10.0 Å². The molecule has 0 aliphatic rings. The number of carbonyl (C=O) groups is 1. The van der Waals surface area contributed by atoms with E-state index in [4.69, 9.17) is 0 Å². The van der Waals surface area contributed by atoms with Gasteiger partial charge in [-0.1, -0.05) is 23.8 Å². The van der Waals surface area contributed by atoms with Gasteiger partial charge in [0.1, 0.15) is 5.82 Å². The Hall–Kier alpha value is -3.33. The summed E-state index contributed by atoms with van der Waals surface area (Å²) in [5.41, 5.74) is 0.617. The number of anilines is 2. The molecule has 3 aromatic carbocycles. The third-order valence-electron chi connectivity index (χ3n) is 3.97. The fourth-order valence-corrected chi connectivity index (χ4v) is 3.56. The van der Waals surface area contributed by atoms with Crippen LogP contribution in [0.25, 0.3) is 0 Å². The minimum absolute atomic E-state index is 0.110. The van der Waals surface area contributed by atoms with Crippen molar-refractivity contribution in [1.29, 1.82) is 0 Å². The summed E-state index contributed by atoms with van der Waals surface area (Å²) >= 11 is 0. The molecule has 0 bridgehead atoms. The van der Waals surface area contributed by atoms with Crippen molar-refractivity contribution < 1.29 is 26.4 Å². The van der Waals surface area contributed by atoms with E-state index in [0.717, 1.165) is 11.6 Å². The van der Waals surface area contributed by atoms with E-state index in [1.807, 2.05) is 6.92 Å². The lowest BCUT2D eigenvalue weighted by Gasteiger charge is -2.11. The molecule has 29 heavy (non-hydrogen) atoms. The lowest BCUT2D eigenvalue weighted by Crippen LogP contribution is -2.16. The highest BCUT2D eigenvalue weighted by Gasteiger charge is 2.18. The van der Waals surface area contributed by atoms with Gasteiger partial charge in [-0.25, -0.2) is 21.6 Å². The van der Waals surface area contributed by atoms with Crippen LogP contribution in [-0.2, 0) is 10.0 Å². The Morgan fingerprint density at radius 1 is 0.862 bits per heavy atom. The first kappa shape index (κ1) is 20.4. The van der Waals surface area contributed by atoms with E-state index < -0.39 is 39.1 Å². The maximum Gasteiger partial charge on any atom is 0.261 e. The van der Waals surface area contributed by atoms with Crippen LogP contribution in [0.3, 0.4) is 0 Å². The highest BCUT2D eigenvalue weighted by molar-refractivity contribution is 7.92. The predicted octanol–water partition coefficient (Wildman–Crippen LogP) is 4.47. The zero-order valence-corrected chi connectivity index (χ0v) is 15.9. The maximum absolute atomic E-state index is 13.7. The second-order valence-electron chi connectivity index (χ2n) is 6.20. The highest BCUT2D eigenvalue weighted by atomic mass is 32.2. The summed E-state index contributed by atoms with van der Waals surface area (Å²) in [6, 6.07) is 12.5. The monoisotopic (exact) mass is 420 g/mol. The van der Waals surface area contributed by atoms with Crippen LogP contribution in [-0.4, -0.2) is 14.3 Å². The Bertz CT molecular complexity index is 1180. The van der Waals surface area contributed by atoms with Crippen molar-refractivity contribution in [3.05, 3.63) is 89.2 Å². The molecule has 1 amide bonds. The van der Waals surface area contributed by atoms with Gasteiger partial charge in [0.25, 0.3) is 15.9 Å². The lowest BCUT2D eigenvalue weighted by atomic mass is 10.2. The Kier molecular flexibility index (Phi) is 5.60. The van der Waals surface area contributed by atoms with Crippen molar-refractivity contribution in [2.75, 3.05) is 10.0 Å². The minimum Gasteiger partial charge on any atom is -0.319 e. The topological polar surface area (TPSA) is 75.3 Å². The molecule has 0 unspecified atom stereocenters. The molecule has 0 aromatic heterocycles. The molecule has 0 saturated carbocycles. The number of carbonyl (C=O) groups excluding carboxylic acids is 1. The fraction of sp³-hybridized carbons (Fsp3) is 0.0500. The summed E-state index contributed by atoms with van der Waals surface area (Å²) in [6.07, 6.45) is 0. The van der Waals surface area contributed by atoms with Gasteiger partial charge in [-0.3, -0.25) is 9.52 Å². The van der Waals surface area contributed by atoms with Crippen molar-refractivity contribution >= 4 is 27.3 Å². The summed E-state index contributed by atoms with van der Waals surface area (Å²) in [4.78, 5) is 12.1. The molecule has 9 heteroatoms. The van der Waals surface area contributed by atoms with E-state index in [9.17, 15) is 26.4 Å². The van der Waals surface area contributed by atoms with E-state index in [2.05, 4.69) is 10.0 Å². The molecule has 0 heterocycles. The van der Waals surface area contributed by atoms with Crippen LogP contribution in [0.4, 0.5) is 24.5 Å². The van der Waals surface area contributed by atoms with Crippen LogP contribution in [0.2, 0.25) is 0 Å². The van der Waals surface area contributed by atoms with Crippen molar-refractivity contribution in [1.82, 2.24) is 0 Å². The molecule has 2 N–H and O–H groups in total. The molecule has 0 atom stereocenters. The van der Waals surface area contributed by atoms with Gasteiger partial charge < -0.3 is 5.32 Å². The zero-order valence-electron chi connectivity index (χ0n) is 15.0. The summed E-state index contributed by atoms with van der Waals surface area (Å²) in [5, 5.41) is 2.09. The van der Waals surface area contributed by atoms with E-state index in [1.54, 1.807) is 24.3 Å². The first-order valence-corrected chi connectivity index (χ1v) is 9.79. The number of rotatable bonds is 5. The molecule has 0 spiro atoms. The molecule has 5 nitrogen and oxygen atoms in total. The molecule has 0 aliphatic heterocycles. The molecule has 0 aliphatic carbocycles. The van der Waals surface area contributed by atoms with Crippen LogP contribution >= 0.6 is 0 Å². The molecule has 3 aromatic rings. The second-order valence-corrected chi connectivity index (χ2v) is 7.88. The third kappa shape index (κ3) is 4.75. The molecule has 0 fully saturated rings. The van der Waals surface area contributed by atoms with Crippen molar-refractivity contribution in [2.24, 2.45) is 0 Å².